The van der Waals surface area contributed by atoms with Crippen LogP contribution in [0, 0.1) is 6.92 Å². The number of phenols is 1. The molecule has 0 atom stereocenters. The Hall–Kier alpha value is -2.53. The minimum atomic E-state index is -0.373. The lowest BCUT2D eigenvalue weighted by molar-refractivity contribution is -0.113. The number of carbonyl (C=O) groups is 2. The molecule has 0 bridgehead atoms. The highest BCUT2D eigenvalue weighted by molar-refractivity contribution is 8.19. The van der Waals surface area contributed by atoms with Crippen molar-refractivity contribution >= 4 is 34.7 Å². The van der Waals surface area contributed by atoms with E-state index in [4.69, 9.17) is 0 Å². The Kier molecular flexibility index (Phi) is 3.73. The zero-order valence-corrected chi connectivity index (χ0v) is 12.6. The van der Waals surface area contributed by atoms with E-state index in [-0.39, 0.29) is 16.9 Å². The maximum absolute atomic E-state index is 12.5. The molecule has 5 heteroatoms. The molecule has 2 aromatic rings. The maximum atomic E-state index is 12.5. The monoisotopic (exact) mass is 311 g/mol. The van der Waals surface area contributed by atoms with Gasteiger partial charge in [-0.1, -0.05) is 35.9 Å². The van der Waals surface area contributed by atoms with Gasteiger partial charge in [-0.3, -0.25) is 9.59 Å². The van der Waals surface area contributed by atoms with E-state index >= 15 is 0 Å². The highest BCUT2D eigenvalue weighted by atomic mass is 32.2. The second kappa shape index (κ2) is 5.69. The summed E-state index contributed by atoms with van der Waals surface area (Å²) in [5.41, 5.74) is 2.12. The first kappa shape index (κ1) is 14.4. The smallest absolute Gasteiger partial charge is 0.298 e. The fourth-order valence-corrected chi connectivity index (χ4v) is 2.97. The number of phenolic OH excluding ortho intramolecular Hbond substituents is 1. The Morgan fingerprint density at radius 1 is 1.05 bits per heavy atom. The lowest BCUT2D eigenvalue weighted by Crippen LogP contribution is -2.27. The molecule has 0 aliphatic carbocycles. The van der Waals surface area contributed by atoms with Crippen molar-refractivity contribution in [3.8, 4) is 5.75 Å². The van der Waals surface area contributed by atoms with Gasteiger partial charge >= 0.3 is 0 Å². The normalized spacial score (nSPS) is 16.6. The molecule has 4 nitrogen and oxygen atoms in total. The van der Waals surface area contributed by atoms with Gasteiger partial charge in [0.15, 0.2) is 0 Å². The number of hydrogen-bond acceptors (Lipinski definition) is 4. The molecule has 0 unspecified atom stereocenters. The van der Waals surface area contributed by atoms with Crippen LogP contribution >= 0.6 is 11.8 Å². The fraction of sp³-hybridized carbons (Fsp3) is 0.0588. The third-order valence-electron chi connectivity index (χ3n) is 3.31. The number of imide groups is 1. The first-order valence-electron chi connectivity index (χ1n) is 6.69. The number of hydrogen-bond donors (Lipinski definition) is 1. The van der Waals surface area contributed by atoms with E-state index in [1.54, 1.807) is 30.3 Å². The van der Waals surface area contributed by atoms with Gasteiger partial charge in [-0.2, -0.15) is 0 Å². The SMILES string of the molecule is Cc1ccc(N2C(=O)S/C(=C\c3ccccc3O)C2=O)cc1. The van der Waals surface area contributed by atoms with Crippen LogP contribution in [-0.4, -0.2) is 16.3 Å². The Labute approximate surface area is 132 Å². The van der Waals surface area contributed by atoms with E-state index < -0.39 is 0 Å². The van der Waals surface area contributed by atoms with Crippen LogP contribution in [0.15, 0.2) is 53.4 Å². The van der Waals surface area contributed by atoms with Crippen molar-refractivity contribution in [1.29, 1.82) is 0 Å². The number of thioether (sulfide) groups is 1. The minimum Gasteiger partial charge on any atom is -0.507 e. The molecule has 1 N–H and O–H groups in total. The highest BCUT2D eigenvalue weighted by Gasteiger charge is 2.36. The topological polar surface area (TPSA) is 57.6 Å². The van der Waals surface area contributed by atoms with Gasteiger partial charge in [-0.25, -0.2) is 4.90 Å². The third-order valence-corrected chi connectivity index (χ3v) is 4.18. The molecule has 1 fully saturated rings. The number of benzene rings is 2. The molecule has 22 heavy (non-hydrogen) atoms. The zero-order chi connectivity index (χ0) is 15.7. The van der Waals surface area contributed by atoms with Crippen molar-refractivity contribution in [3.63, 3.8) is 0 Å². The molecule has 0 aromatic heterocycles. The predicted octanol–water partition coefficient (Wildman–Crippen LogP) is 3.94. The number of rotatable bonds is 2. The molecule has 2 amide bonds. The highest BCUT2D eigenvalue weighted by Crippen LogP contribution is 2.36. The summed E-state index contributed by atoms with van der Waals surface area (Å²) in [5, 5.41) is 9.44. The van der Waals surface area contributed by atoms with Gasteiger partial charge in [0.25, 0.3) is 11.1 Å². The lowest BCUT2D eigenvalue weighted by Gasteiger charge is -2.12. The fourth-order valence-electron chi connectivity index (χ4n) is 2.13. The van der Waals surface area contributed by atoms with Gasteiger partial charge in [0.2, 0.25) is 0 Å². The first-order chi connectivity index (χ1) is 10.6. The van der Waals surface area contributed by atoms with Crippen molar-refractivity contribution < 1.29 is 14.7 Å². The average Bonchev–Trinajstić information content (AvgIpc) is 2.77. The second-order valence-corrected chi connectivity index (χ2v) is 5.90. The standard InChI is InChI=1S/C17H13NO3S/c1-11-6-8-13(9-7-11)18-16(20)15(22-17(18)21)10-12-4-2-3-5-14(12)19/h2-10,19H,1H3/b15-10-. The largest absolute Gasteiger partial charge is 0.507 e. The summed E-state index contributed by atoms with van der Waals surface area (Å²) in [6.07, 6.45) is 1.54. The molecule has 2 aromatic carbocycles. The molecule has 1 saturated heterocycles. The van der Waals surface area contributed by atoms with E-state index in [9.17, 15) is 14.7 Å². The number of anilines is 1. The van der Waals surface area contributed by atoms with Crippen molar-refractivity contribution in [3.05, 3.63) is 64.6 Å². The Morgan fingerprint density at radius 3 is 2.41 bits per heavy atom. The van der Waals surface area contributed by atoms with E-state index in [0.717, 1.165) is 22.2 Å². The molecule has 0 radical (unpaired) electrons. The summed E-state index contributed by atoms with van der Waals surface area (Å²) in [6.45, 7) is 1.94. The third kappa shape index (κ3) is 2.63. The van der Waals surface area contributed by atoms with Crippen molar-refractivity contribution in [2.75, 3.05) is 4.90 Å². The average molecular weight is 311 g/mol. The number of aryl methyl sites for hydroxylation is 1. The van der Waals surface area contributed by atoms with Gasteiger partial charge in [0.1, 0.15) is 5.75 Å². The van der Waals surface area contributed by atoms with E-state index in [2.05, 4.69) is 0 Å². The van der Waals surface area contributed by atoms with E-state index in [1.165, 1.54) is 12.1 Å². The number of nitrogens with zero attached hydrogens (tertiary/aromatic N) is 1. The molecule has 1 heterocycles. The van der Waals surface area contributed by atoms with Gasteiger partial charge < -0.3 is 5.11 Å². The molecule has 3 rings (SSSR count). The number of para-hydroxylation sites is 1. The number of carbonyl (C=O) groups excluding carboxylic acids is 2. The lowest BCUT2D eigenvalue weighted by atomic mass is 10.2. The van der Waals surface area contributed by atoms with Crippen LogP contribution in [0.5, 0.6) is 5.75 Å². The van der Waals surface area contributed by atoms with Crippen LogP contribution in [0.3, 0.4) is 0 Å². The number of amides is 2. The van der Waals surface area contributed by atoms with Gasteiger partial charge in [-0.05, 0) is 43.0 Å². The van der Waals surface area contributed by atoms with Gasteiger partial charge in [0, 0.05) is 5.56 Å². The Morgan fingerprint density at radius 2 is 1.73 bits per heavy atom. The van der Waals surface area contributed by atoms with Crippen LogP contribution in [0.4, 0.5) is 10.5 Å². The van der Waals surface area contributed by atoms with Gasteiger partial charge in [-0.15, -0.1) is 0 Å². The van der Waals surface area contributed by atoms with Crippen LogP contribution in [0.25, 0.3) is 6.08 Å². The van der Waals surface area contributed by atoms with Crippen molar-refractivity contribution in [1.82, 2.24) is 0 Å². The molecular formula is C17H13NO3S. The summed E-state index contributed by atoms with van der Waals surface area (Å²) in [7, 11) is 0. The Balaban J connectivity index is 1.95. The molecule has 1 aliphatic rings. The predicted molar refractivity (Wildman–Crippen MR) is 87.7 cm³/mol. The van der Waals surface area contributed by atoms with E-state index in [1.807, 2.05) is 19.1 Å². The molecule has 110 valence electrons. The zero-order valence-electron chi connectivity index (χ0n) is 11.8. The van der Waals surface area contributed by atoms with Crippen molar-refractivity contribution in [2.45, 2.75) is 6.92 Å². The summed E-state index contributed by atoms with van der Waals surface area (Å²) < 4.78 is 0. The van der Waals surface area contributed by atoms with E-state index in [0.29, 0.717) is 16.2 Å². The van der Waals surface area contributed by atoms with Crippen LogP contribution in [-0.2, 0) is 4.79 Å². The molecular weight excluding hydrogens is 298 g/mol. The summed E-state index contributed by atoms with van der Waals surface area (Å²) >= 11 is 0.872. The maximum Gasteiger partial charge on any atom is 0.298 e. The minimum absolute atomic E-state index is 0.0737. The van der Waals surface area contributed by atoms with Gasteiger partial charge in [0.05, 0.1) is 10.6 Å². The number of aromatic hydroxyl groups is 1. The van der Waals surface area contributed by atoms with Crippen LogP contribution < -0.4 is 4.90 Å². The first-order valence-corrected chi connectivity index (χ1v) is 7.50. The molecule has 0 saturated carbocycles. The Bertz CT molecular complexity index is 781. The van der Waals surface area contributed by atoms with Crippen molar-refractivity contribution in [2.24, 2.45) is 0 Å². The molecule has 1 aliphatic heterocycles. The molecule has 0 spiro atoms. The van der Waals surface area contributed by atoms with Crippen LogP contribution in [0.1, 0.15) is 11.1 Å². The second-order valence-electron chi connectivity index (χ2n) is 4.91. The summed E-state index contributed by atoms with van der Waals surface area (Å²) in [6, 6.07) is 13.9. The van der Waals surface area contributed by atoms with Crippen LogP contribution in [0.2, 0.25) is 0 Å². The summed E-state index contributed by atoms with van der Waals surface area (Å²) in [5.74, 6) is -0.299. The quantitative estimate of drug-likeness (QED) is 0.853. The summed E-state index contributed by atoms with van der Waals surface area (Å²) in [4.78, 5) is 26.0.